The van der Waals surface area contributed by atoms with Gasteiger partial charge in [0.05, 0.1) is 11.1 Å². The Morgan fingerprint density at radius 1 is 0.579 bits per heavy atom. The van der Waals surface area contributed by atoms with Crippen LogP contribution in [-0.4, -0.2) is 9.13 Å². The molecule has 8 aliphatic carbocycles. The van der Waals surface area contributed by atoms with E-state index < -0.39 is 0 Å². The van der Waals surface area contributed by atoms with Crippen LogP contribution < -0.4 is 9.13 Å². The van der Waals surface area contributed by atoms with Gasteiger partial charge in [-0.2, -0.15) is 0 Å². The Morgan fingerprint density at radius 2 is 0.921 bits per heavy atom. The summed E-state index contributed by atoms with van der Waals surface area (Å²) in [6, 6.07) is 4.74. The summed E-state index contributed by atoms with van der Waals surface area (Å²) >= 11 is 0. The number of rotatable bonds is 4. The monoisotopic (exact) mass is 506 g/mol. The van der Waals surface area contributed by atoms with E-state index in [-0.39, 0.29) is 0 Å². The molecule has 0 N–H and O–H groups in total. The lowest BCUT2D eigenvalue weighted by molar-refractivity contribution is -0.609. The Bertz CT molecular complexity index is 1250. The minimum Gasteiger partial charge on any atom is -0.326 e. The quantitative estimate of drug-likeness (QED) is 0.309. The number of benzene rings is 1. The van der Waals surface area contributed by atoms with Crippen LogP contribution in [0.4, 0.5) is 0 Å². The van der Waals surface area contributed by atoms with E-state index in [4.69, 9.17) is 0 Å². The minimum atomic E-state index is 0.318. The number of hydrogen-bond acceptors (Lipinski definition) is 0. The Morgan fingerprint density at radius 3 is 1.26 bits per heavy atom. The largest absolute Gasteiger partial charge is 0.326 e. The third kappa shape index (κ3) is 3.21. The second-order valence-electron chi connectivity index (χ2n) is 15.0. The zero-order chi connectivity index (χ0) is 25.2. The van der Waals surface area contributed by atoms with Crippen molar-refractivity contribution >= 4 is 0 Å². The fourth-order valence-corrected chi connectivity index (χ4v) is 11.5. The number of aryl methyl sites for hydroxylation is 2. The Hall–Kier alpha value is -2.36. The van der Waals surface area contributed by atoms with Crippen molar-refractivity contribution in [2.24, 2.45) is 35.5 Å². The predicted octanol–water partition coefficient (Wildman–Crippen LogP) is 5.91. The molecule has 0 atom stereocenters. The molecule has 8 saturated carbocycles. The normalized spacial score (nSPS) is 40.4. The first kappa shape index (κ1) is 22.5. The van der Waals surface area contributed by atoms with Crippen LogP contribution in [0, 0.1) is 62.0 Å². The van der Waals surface area contributed by atoms with Crippen LogP contribution in [0.2, 0.25) is 0 Å². The van der Waals surface area contributed by atoms with Gasteiger partial charge in [0.2, 0.25) is 12.7 Å². The van der Waals surface area contributed by atoms with Gasteiger partial charge < -0.3 is 18.3 Å². The first-order valence-corrected chi connectivity index (χ1v) is 15.6. The van der Waals surface area contributed by atoms with E-state index in [1.54, 1.807) is 0 Å². The third-order valence-corrected chi connectivity index (χ3v) is 12.2. The molecule has 1 aromatic carbocycles. The Labute approximate surface area is 227 Å². The van der Waals surface area contributed by atoms with E-state index in [0.717, 1.165) is 35.5 Å². The van der Waals surface area contributed by atoms with Crippen LogP contribution in [0.15, 0.2) is 36.9 Å². The van der Waals surface area contributed by atoms with E-state index in [1.807, 2.05) is 0 Å². The summed E-state index contributed by atoms with van der Waals surface area (Å²) in [6.07, 6.45) is 33.9. The zero-order valence-electron chi connectivity index (χ0n) is 23.2. The Balaban J connectivity index is 1.05. The molecule has 4 heteroatoms. The molecule has 8 fully saturated rings. The lowest BCUT2D eigenvalue weighted by Crippen LogP contribution is -2.52. The maximum atomic E-state index is 3.83. The van der Waals surface area contributed by atoms with Gasteiger partial charge in [-0.3, -0.25) is 0 Å². The summed E-state index contributed by atoms with van der Waals surface area (Å²) in [5.41, 5.74) is 5.77. The molecule has 11 rings (SSSR count). The fourth-order valence-electron chi connectivity index (χ4n) is 11.5. The van der Waals surface area contributed by atoms with Crippen molar-refractivity contribution in [2.45, 2.75) is 102 Å². The molecule has 38 heavy (non-hydrogen) atoms. The highest BCUT2D eigenvalue weighted by Gasteiger charge is 2.54. The average molecular weight is 507 g/mol. The second kappa shape index (κ2) is 7.64. The number of imidazole rings is 2. The first-order chi connectivity index (χ1) is 18.4. The summed E-state index contributed by atoms with van der Waals surface area (Å²) in [5.74, 6) is 5.68. The molecule has 8 bridgehead atoms. The van der Waals surface area contributed by atoms with Crippen molar-refractivity contribution in [3.63, 3.8) is 0 Å². The lowest BCUT2D eigenvalue weighted by atomic mass is 9.53. The van der Waals surface area contributed by atoms with Gasteiger partial charge in [-0.05, 0) is 138 Å². The van der Waals surface area contributed by atoms with E-state index in [0.29, 0.717) is 11.1 Å². The molecule has 0 unspecified atom stereocenters. The fraction of sp³-hybridized carbons (Fsp3) is 0.647. The second-order valence-corrected chi connectivity index (χ2v) is 15.0. The molecule has 4 nitrogen and oxygen atoms in total. The van der Waals surface area contributed by atoms with Gasteiger partial charge in [0.15, 0.2) is 0 Å². The van der Waals surface area contributed by atoms with E-state index in [9.17, 15) is 0 Å². The molecule has 8 aliphatic rings. The van der Waals surface area contributed by atoms with Gasteiger partial charge in [-0.15, -0.1) is 0 Å². The molecule has 0 spiro atoms. The van der Waals surface area contributed by atoms with Crippen molar-refractivity contribution < 1.29 is 9.13 Å². The molecule has 2 heterocycles. The van der Waals surface area contributed by atoms with Crippen LogP contribution >= 0.6 is 0 Å². The highest BCUT2D eigenvalue weighted by Crippen LogP contribution is 2.59. The van der Waals surface area contributed by atoms with Gasteiger partial charge in [-0.1, -0.05) is 12.1 Å². The highest BCUT2D eigenvalue weighted by atomic mass is 15.2. The van der Waals surface area contributed by atoms with Crippen LogP contribution in [0.1, 0.15) is 88.2 Å². The van der Waals surface area contributed by atoms with Crippen LogP contribution in [0.25, 0.3) is 11.4 Å². The van der Waals surface area contributed by atoms with E-state index in [2.05, 4.69) is 81.7 Å². The molecule has 198 valence electrons. The molecular formula is C34H42N4. The first-order valence-electron chi connectivity index (χ1n) is 15.6. The maximum absolute atomic E-state index is 3.83. The summed E-state index contributed by atoms with van der Waals surface area (Å²) in [4.78, 5) is 0. The van der Waals surface area contributed by atoms with Crippen LogP contribution in [0.5, 0.6) is 0 Å². The van der Waals surface area contributed by atoms with Crippen LogP contribution in [0.3, 0.4) is 0 Å². The van der Waals surface area contributed by atoms with Crippen molar-refractivity contribution in [2.75, 3.05) is 0 Å². The maximum Gasteiger partial charge on any atom is 0.243 e. The van der Waals surface area contributed by atoms with Crippen LogP contribution in [-0.2, 0) is 11.1 Å². The third-order valence-electron chi connectivity index (χ3n) is 12.2. The van der Waals surface area contributed by atoms with Crippen molar-refractivity contribution in [3.8, 4) is 11.4 Å². The summed E-state index contributed by atoms with van der Waals surface area (Å²) in [5, 5.41) is 0. The molecule has 0 aliphatic heterocycles. The number of hydrogen-bond donors (Lipinski definition) is 0. The standard InChI is InChI=1S/C34H42N4/c1-23-7-24(2)32(36-4-6-38(22-36)34-18-28-11-29(19-34)13-30(12-28)20-34)14-31(23)35-3-5-37(21-35)33-15-25-8-26(16-33)10-27(9-25)17-33/h3-7,14,25-30H,8-13,15-20H2,1-2H3. The van der Waals surface area contributed by atoms with Gasteiger partial charge in [0.1, 0.15) is 0 Å². The van der Waals surface area contributed by atoms with Gasteiger partial charge in [-0.25, -0.2) is 0 Å². The van der Waals surface area contributed by atoms with Gasteiger partial charge in [0, 0.05) is 36.2 Å². The van der Waals surface area contributed by atoms with Gasteiger partial charge >= 0.3 is 0 Å². The minimum absolute atomic E-state index is 0.318. The van der Waals surface area contributed by atoms with E-state index in [1.165, 1.54) is 99.6 Å². The summed E-state index contributed by atoms with van der Waals surface area (Å²) < 4.78 is 9.54. The zero-order valence-corrected chi connectivity index (χ0v) is 23.2. The lowest BCUT2D eigenvalue weighted by Gasteiger charge is -2.55. The predicted molar refractivity (Wildman–Crippen MR) is 145 cm³/mol. The number of nitrogens with zero attached hydrogens (tertiary/aromatic N) is 4. The van der Waals surface area contributed by atoms with Gasteiger partial charge in [0.25, 0.3) is 0 Å². The smallest absolute Gasteiger partial charge is 0.243 e. The Kier molecular flexibility index (Phi) is 4.51. The van der Waals surface area contributed by atoms with Crippen molar-refractivity contribution in [1.82, 2.24) is 9.13 Å². The average Bonchev–Trinajstić information content (AvgIpc) is 3.54. The molecule has 0 amide bonds. The highest BCUT2D eigenvalue weighted by molar-refractivity contribution is 5.45. The molecule has 2 aromatic heterocycles. The summed E-state index contributed by atoms with van der Waals surface area (Å²) in [7, 11) is 0. The van der Waals surface area contributed by atoms with Crippen molar-refractivity contribution in [3.05, 3.63) is 60.7 Å². The molecule has 3 aromatic rings. The SMILES string of the molecule is Cc1cc(C)c(-[n+]2[c-]n(C34CC5CC(CC(C5)C3)C4)cc2)cc1-[n+]1[c-]n(C23CC4CC(CC(C4)C2)C3)cc1. The molecule has 0 saturated heterocycles. The summed E-state index contributed by atoms with van der Waals surface area (Å²) in [6.45, 7) is 4.51. The van der Waals surface area contributed by atoms with Crippen molar-refractivity contribution in [1.29, 1.82) is 0 Å². The molecular weight excluding hydrogens is 464 g/mol. The van der Waals surface area contributed by atoms with E-state index >= 15 is 0 Å². The number of aromatic nitrogens is 4. The molecule has 0 radical (unpaired) electrons. The topological polar surface area (TPSA) is 17.6 Å².